The van der Waals surface area contributed by atoms with E-state index in [9.17, 15) is 18.0 Å². The van der Waals surface area contributed by atoms with Crippen LogP contribution in [0.3, 0.4) is 0 Å². The summed E-state index contributed by atoms with van der Waals surface area (Å²) >= 11 is 0. The fourth-order valence-electron chi connectivity index (χ4n) is 3.75. The van der Waals surface area contributed by atoms with Crippen molar-refractivity contribution in [2.24, 2.45) is 0 Å². The van der Waals surface area contributed by atoms with Crippen LogP contribution in [-0.2, 0) is 17.8 Å². The Labute approximate surface area is 170 Å². The lowest BCUT2D eigenvalue weighted by Crippen LogP contribution is -2.35. The van der Waals surface area contributed by atoms with Crippen molar-refractivity contribution in [1.82, 2.24) is 24.8 Å². The zero-order chi connectivity index (χ0) is 21.5. The van der Waals surface area contributed by atoms with Gasteiger partial charge in [-0.25, -0.2) is 13.2 Å². The van der Waals surface area contributed by atoms with Gasteiger partial charge in [0.2, 0.25) is 5.91 Å². The number of amides is 1. The van der Waals surface area contributed by atoms with Crippen molar-refractivity contribution in [3.63, 3.8) is 0 Å². The van der Waals surface area contributed by atoms with Gasteiger partial charge in [-0.2, -0.15) is 0 Å². The van der Waals surface area contributed by atoms with Crippen LogP contribution >= 0.6 is 0 Å². The third-order valence-corrected chi connectivity index (χ3v) is 5.31. The van der Waals surface area contributed by atoms with Crippen LogP contribution in [0.1, 0.15) is 40.9 Å². The van der Waals surface area contributed by atoms with E-state index in [4.69, 9.17) is 4.52 Å². The molecule has 0 N–H and O–H groups in total. The molecule has 1 aliphatic rings. The van der Waals surface area contributed by atoms with E-state index in [1.807, 2.05) is 0 Å². The zero-order valence-electron chi connectivity index (χ0n) is 16.5. The third-order valence-electron chi connectivity index (χ3n) is 5.31. The molecule has 0 aliphatic carbocycles. The van der Waals surface area contributed by atoms with Gasteiger partial charge < -0.3 is 14.0 Å². The summed E-state index contributed by atoms with van der Waals surface area (Å²) in [5.74, 6) is -3.10. The summed E-state index contributed by atoms with van der Waals surface area (Å²) in [7, 11) is 0. The number of aryl methyl sites for hydroxylation is 2. The van der Waals surface area contributed by atoms with Crippen LogP contribution in [0.5, 0.6) is 0 Å². The van der Waals surface area contributed by atoms with Crippen LogP contribution in [0.25, 0.3) is 0 Å². The fourth-order valence-corrected chi connectivity index (χ4v) is 3.75. The molecule has 0 unspecified atom stereocenters. The zero-order valence-corrected chi connectivity index (χ0v) is 16.5. The van der Waals surface area contributed by atoms with Crippen molar-refractivity contribution in [2.75, 3.05) is 6.54 Å². The molecule has 10 heteroatoms. The predicted molar refractivity (Wildman–Crippen MR) is 99.2 cm³/mol. The van der Waals surface area contributed by atoms with Crippen LogP contribution in [-0.4, -0.2) is 43.2 Å². The number of halogens is 3. The number of aromatic nitrogens is 4. The fraction of sp³-hybridized carbons (Fsp3) is 0.400. The highest BCUT2D eigenvalue weighted by Crippen LogP contribution is 2.41. The van der Waals surface area contributed by atoms with E-state index in [0.717, 1.165) is 10.5 Å². The molecular weight excluding hydrogens is 399 g/mol. The Morgan fingerprint density at radius 1 is 1.27 bits per heavy atom. The lowest BCUT2D eigenvalue weighted by atomic mass is 10.1. The van der Waals surface area contributed by atoms with Crippen molar-refractivity contribution in [1.29, 1.82) is 0 Å². The van der Waals surface area contributed by atoms with Crippen molar-refractivity contribution < 1.29 is 22.5 Å². The average Bonchev–Trinajstić information content (AvgIpc) is 3.36. The maximum absolute atomic E-state index is 14.3. The summed E-state index contributed by atoms with van der Waals surface area (Å²) in [6.45, 7) is 2.96. The maximum Gasteiger partial charge on any atom is 0.267 e. The van der Waals surface area contributed by atoms with Gasteiger partial charge in [-0.15, -0.1) is 10.2 Å². The van der Waals surface area contributed by atoms with Crippen LogP contribution < -0.4 is 0 Å². The quantitative estimate of drug-likeness (QED) is 0.635. The molecule has 0 saturated carbocycles. The molecule has 3 aromatic rings. The van der Waals surface area contributed by atoms with E-state index < -0.39 is 30.8 Å². The summed E-state index contributed by atoms with van der Waals surface area (Å²) in [6.07, 6.45) is 0.800. The molecule has 0 spiro atoms. The molecule has 1 amide bonds. The molecule has 30 heavy (non-hydrogen) atoms. The lowest BCUT2D eigenvalue weighted by Gasteiger charge is -2.24. The number of alkyl halides is 2. The Morgan fingerprint density at radius 2 is 2.00 bits per heavy atom. The van der Waals surface area contributed by atoms with Crippen LogP contribution in [0.2, 0.25) is 0 Å². The van der Waals surface area contributed by atoms with Crippen LogP contribution in [0.4, 0.5) is 13.2 Å². The molecule has 1 fully saturated rings. The van der Waals surface area contributed by atoms with Gasteiger partial charge in [0.25, 0.3) is 5.92 Å². The minimum Gasteiger partial charge on any atom is -0.361 e. The average molecular weight is 419 g/mol. The van der Waals surface area contributed by atoms with Crippen molar-refractivity contribution in [2.45, 2.75) is 45.2 Å². The molecule has 158 valence electrons. The number of carbonyl (C=O) groups excluding carboxylic acids is 1. The highest BCUT2D eigenvalue weighted by Gasteiger charge is 2.49. The summed E-state index contributed by atoms with van der Waals surface area (Å²) < 4.78 is 48.5. The molecule has 0 radical (unpaired) electrons. The van der Waals surface area contributed by atoms with E-state index >= 15 is 0 Å². The highest BCUT2D eigenvalue weighted by atomic mass is 19.3. The number of benzene rings is 1. The Kier molecular flexibility index (Phi) is 5.08. The minimum atomic E-state index is -3.04. The first kappa shape index (κ1) is 20.1. The van der Waals surface area contributed by atoms with E-state index in [1.165, 1.54) is 18.5 Å². The summed E-state index contributed by atoms with van der Waals surface area (Å²) in [4.78, 5) is 14.1. The Morgan fingerprint density at radius 3 is 2.67 bits per heavy atom. The summed E-state index contributed by atoms with van der Waals surface area (Å²) in [5, 5.41) is 11.7. The Balaban J connectivity index is 1.60. The number of likely N-dealkylation sites (tertiary alicyclic amines) is 1. The first-order valence-corrected chi connectivity index (χ1v) is 9.45. The van der Waals surface area contributed by atoms with Crippen LogP contribution in [0, 0.1) is 19.7 Å². The molecule has 7 nitrogen and oxygen atoms in total. The largest absolute Gasteiger partial charge is 0.361 e. The normalized spacial score (nSPS) is 18.2. The smallest absolute Gasteiger partial charge is 0.267 e. The second kappa shape index (κ2) is 7.58. The predicted octanol–water partition coefficient (Wildman–Crippen LogP) is 3.22. The Bertz CT molecular complexity index is 1040. The maximum atomic E-state index is 14.3. The van der Waals surface area contributed by atoms with Gasteiger partial charge in [0.1, 0.15) is 17.9 Å². The lowest BCUT2D eigenvalue weighted by molar-refractivity contribution is -0.132. The second-order valence-corrected chi connectivity index (χ2v) is 7.52. The van der Waals surface area contributed by atoms with Gasteiger partial charge >= 0.3 is 0 Å². The molecule has 3 heterocycles. The van der Waals surface area contributed by atoms with Crippen molar-refractivity contribution in [3.05, 3.63) is 64.8 Å². The topological polar surface area (TPSA) is 77.1 Å². The second-order valence-electron chi connectivity index (χ2n) is 7.52. The van der Waals surface area contributed by atoms with E-state index in [0.29, 0.717) is 17.0 Å². The Hall–Kier alpha value is -3.17. The summed E-state index contributed by atoms with van der Waals surface area (Å²) in [5.41, 5.74) is 1.92. The van der Waals surface area contributed by atoms with E-state index in [1.54, 1.807) is 30.5 Å². The minimum absolute atomic E-state index is 0.0835. The first-order chi connectivity index (χ1) is 14.2. The molecule has 1 saturated heterocycles. The molecule has 4 rings (SSSR count). The third kappa shape index (κ3) is 3.94. The van der Waals surface area contributed by atoms with E-state index in [2.05, 4.69) is 15.4 Å². The van der Waals surface area contributed by atoms with E-state index in [-0.39, 0.29) is 24.6 Å². The number of nitrogens with zero attached hydrogens (tertiary/aromatic N) is 5. The van der Waals surface area contributed by atoms with Crippen molar-refractivity contribution in [3.8, 4) is 0 Å². The molecule has 2 aromatic heterocycles. The standard InChI is InChI=1S/C20H20F3N5O2/c1-12-16(13(2)30-26-12)7-18(29)28-10-20(22,23)8-17(28)19-25-24-11-27(19)9-14-3-5-15(21)6-4-14/h3-6,11,17H,7-10H2,1-2H3/t17-/m0/s1. The molecular formula is C20H20F3N5O2. The monoisotopic (exact) mass is 419 g/mol. The molecule has 1 aliphatic heterocycles. The summed E-state index contributed by atoms with van der Waals surface area (Å²) in [6, 6.07) is 4.92. The number of hydrogen-bond acceptors (Lipinski definition) is 5. The van der Waals surface area contributed by atoms with Gasteiger partial charge in [0.05, 0.1) is 31.2 Å². The van der Waals surface area contributed by atoms with Crippen molar-refractivity contribution >= 4 is 5.91 Å². The van der Waals surface area contributed by atoms with Crippen LogP contribution in [0.15, 0.2) is 35.1 Å². The number of rotatable bonds is 5. The molecule has 1 atom stereocenters. The van der Waals surface area contributed by atoms with Gasteiger partial charge in [0, 0.05) is 12.0 Å². The highest BCUT2D eigenvalue weighted by molar-refractivity contribution is 5.80. The first-order valence-electron chi connectivity index (χ1n) is 9.45. The van der Waals surface area contributed by atoms with Gasteiger partial charge in [0.15, 0.2) is 5.82 Å². The number of hydrogen-bond donors (Lipinski definition) is 0. The molecule has 1 aromatic carbocycles. The van der Waals surface area contributed by atoms with Gasteiger partial charge in [-0.05, 0) is 31.5 Å². The van der Waals surface area contributed by atoms with Gasteiger partial charge in [-0.1, -0.05) is 17.3 Å². The number of carbonyl (C=O) groups is 1. The molecule has 0 bridgehead atoms. The SMILES string of the molecule is Cc1noc(C)c1CC(=O)N1CC(F)(F)C[C@H]1c1nncn1Cc1ccc(F)cc1. The van der Waals surface area contributed by atoms with Gasteiger partial charge in [-0.3, -0.25) is 4.79 Å².